The zero-order chi connectivity index (χ0) is 22.8. The quantitative estimate of drug-likeness (QED) is 0.278. The monoisotopic (exact) mass is 447 g/mol. The molecule has 0 saturated heterocycles. The van der Waals surface area contributed by atoms with Gasteiger partial charge in [-0.25, -0.2) is 4.79 Å². The smallest absolute Gasteiger partial charge is 0.338 e. The van der Waals surface area contributed by atoms with Crippen molar-refractivity contribution in [3.8, 4) is 11.5 Å². The average Bonchev–Trinajstić information content (AvgIpc) is 2.70. The standard InChI is InChI=1S/C22H22ClNO7/c1-21(2,3)31-20(26)14-4-7-18(17(10-14)24(27)28)30-13-22(12-25)8-9-29-19-11-15(23)5-6-16(19)22/h4-7,10-12H,8-9,13H2,1-3H3/t22-/m0/s1. The average molecular weight is 448 g/mol. The third-order valence-corrected chi connectivity index (χ3v) is 5.02. The molecule has 1 aliphatic rings. The van der Waals surface area contributed by atoms with E-state index >= 15 is 0 Å². The summed E-state index contributed by atoms with van der Waals surface area (Å²) in [6.07, 6.45) is 1.11. The normalized spacial score (nSPS) is 17.8. The van der Waals surface area contributed by atoms with E-state index in [0.717, 1.165) is 12.4 Å². The maximum atomic E-state index is 12.3. The molecule has 0 spiro atoms. The van der Waals surface area contributed by atoms with E-state index in [1.807, 2.05) is 0 Å². The van der Waals surface area contributed by atoms with Crippen LogP contribution in [0, 0.1) is 10.1 Å². The highest BCUT2D eigenvalue weighted by Gasteiger charge is 2.39. The molecule has 0 aromatic heterocycles. The van der Waals surface area contributed by atoms with Crippen molar-refractivity contribution in [2.45, 2.75) is 38.2 Å². The minimum atomic E-state index is -1.05. The maximum absolute atomic E-state index is 12.3. The minimum absolute atomic E-state index is 0.0325. The highest BCUT2D eigenvalue weighted by atomic mass is 35.5. The Morgan fingerprint density at radius 2 is 2.03 bits per heavy atom. The number of aldehydes is 1. The zero-order valence-electron chi connectivity index (χ0n) is 17.3. The molecule has 8 nitrogen and oxygen atoms in total. The lowest BCUT2D eigenvalue weighted by atomic mass is 9.78. The molecule has 0 amide bonds. The van der Waals surface area contributed by atoms with Crippen molar-refractivity contribution in [3.05, 3.63) is 62.7 Å². The molecular weight excluding hydrogens is 426 g/mol. The fraction of sp³-hybridized carbons (Fsp3) is 0.364. The molecule has 0 saturated carbocycles. The number of nitro benzene ring substituents is 1. The summed E-state index contributed by atoms with van der Waals surface area (Å²) in [6, 6.07) is 8.78. The Balaban J connectivity index is 1.88. The second kappa shape index (κ2) is 8.55. The Morgan fingerprint density at radius 3 is 2.68 bits per heavy atom. The lowest BCUT2D eigenvalue weighted by molar-refractivity contribution is -0.386. The Hall–Kier alpha value is -3.13. The van der Waals surface area contributed by atoms with Crippen molar-refractivity contribution < 1.29 is 28.7 Å². The Bertz CT molecular complexity index is 1030. The molecule has 3 rings (SSSR count). The number of hydrogen-bond acceptors (Lipinski definition) is 7. The van der Waals surface area contributed by atoms with E-state index < -0.39 is 27.6 Å². The first-order valence-corrected chi connectivity index (χ1v) is 9.96. The molecule has 164 valence electrons. The highest BCUT2D eigenvalue weighted by Crippen LogP contribution is 2.40. The summed E-state index contributed by atoms with van der Waals surface area (Å²) in [4.78, 5) is 35.3. The van der Waals surface area contributed by atoms with Crippen molar-refractivity contribution in [2.75, 3.05) is 13.2 Å². The maximum Gasteiger partial charge on any atom is 0.338 e. The van der Waals surface area contributed by atoms with Gasteiger partial charge in [-0.2, -0.15) is 0 Å². The van der Waals surface area contributed by atoms with Crippen LogP contribution in [0.1, 0.15) is 43.1 Å². The predicted molar refractivity (Wildman–Crippen MR) is 113 cm³/mol. The van der Waals surface area contributed by atoms with Gasteiger partial charge in [0.25, 0.3) is 0 Å². The minimum Gasteiger partial charge on any atom is -0.493 e. The third-order valence-electron chi connectivity index (χ3n) is 4.79. The van der Waals surface area contributed by atoms with Gasteiger partial charge in [-0.15, -0.1) is 0 Å². The molecular formula is C22H22ClNO7. The fourth-order valence-electron chi connectivity index (χ4n) is 3.26. The van der Waals surface area contributed by atoms with Crippen LogP contribution in [0.15, 0.2) is 36.4 Å². The Morgan fingerprint density at radius 1 is 1.29 bits per heavy atom. The van der Waals surface area contributed by atoms with Gasteiger partial charge in [-0.05, 0) is 45.0 Å². The van der Waals surface area contributed by atoms with Crippen LogP contribution in [0.5, 0.6) is 11.5 Å². The molecule has 0 N–H and O–H groups in total. The number of ether oxygens (including phenoxy) is 3. The summed E-state index contributed by atoms with van der Waals surface area (Å²) in [5.74, 6) is -0.258. The molecule has 2 aromatic carbocycles. The van der Waals surface area contributed by atoms with Crippen molar-refractivity contribution >= 4 is 29.5 Å². The molecule has 1 atom stereocenters. The van der Waals surface area contributed by atoms with Gasteiger partial charge in [0.2, 0.25) is 0 Å². The van der Waals surface area contributed by atoms with Crippen LogP contribution in [0.25, 0.3) is 0 Å². The van der Waals surface area contributed by atoms with Gasteiger partial charge in [0, 0.05) is 23.1 Å². The first kappa shape index (κ1) is 22.6. The predicted octanol–water partition coefficient (Wildman–Crippen LogP) is 4.50. The van der Waals surface area contributed by atoms with E-state index in [9.17, 15) is 19.7 Å². The van der Waals surface area contributed by atoms with Gasteiger partial charge >= 0.3 is 11.7 Å². The van der Waals surface area contributed by atoms with E-state index in [0.29, 0.717) is 22.8 Å². The van der Waals surface area contributed by atoms with E-state index in [2.05, 4.69) is 0 Å². The zero-order valence-corrected chi connectivity index (χ0v) is 18.1. The summed E-state index contributed by atoms with van der Waals surface area (Å²) in [6.45, 7) is 5.24. The molecule has 0 aliphatic carbocycles. The van der Waals surface area contributed by atoms with Gasteiger partial charge in [0.05, 0.1) is 22.5 Å². The largest absolute Gasteiger partial charge is 0.493 e. The number of fused-ring (bicyclic) bond motifs is 1. The van der Waals surface area contributed by atoms with Gasteiger partial charge < -0.3 is 19.0 Å². The molecule has 0 fully saturated rings. The van der Waals surface area contributed by atoms with Gasteiger partial charge in [0.1, 0.15) is 24.2 Å². The number of nitrogens with zero attached hydrogens (tertiary/aromatic N) is 1. The van der Waals surface area contributed by atoms with Crippen LogP contribution in [0.3, 0.4) is 0 Å². The number of carbonyl (C=O) groups excluding carboxylic acids is 2. The summed E-state index contributed by atoms with van der Waals surface area (Å²) in [5, 5.41) is 12.1. The number of halogens is 1. The second-order valence-corrected chi connectivity index (χ2v) is 8.68. The molecule has 0 bridgehead atoms. The molecule has 31 heavy (non-hydrogen) atoms. The van der Waals surface area contributed by atoms with E-state index in [1.165, 1.54) is 12.1 Å². The number of esters is 1. The Labute approximate surface area is 184 Å². The van der Waals surface area contributed by atoms with Crippen LogP contribution in [0.4, 0.5) is 5.69 Å². The first-order valence-electron chi connectivity index (χ1n) is 9.58. The van der Waals surface area contributed by atoms with Crippen LogP contribution in [-0.4, -0.2) is 36.0 Å². The van der Waals surface area contributed by atoms with Crippen LogP contribution in [0.2, 0.25) is 5.02 Å². The molecule has 1 aliphatic heterocycles. The third kappa shape index (κ3) is 4.96. The van der Waals surface area contributed by atoms with E-state index in [4.69, 9.17) is 25.8 Å². The second-order valence-electron chi connectivity index (χ2n) is 8.24. The first-order chi connectivity index (χ1) is 14.5. The Kier molecular flexibility index (Phi) is 6.22. The summed E-state index contributed by atoms with van der Waals surface area (Å²) < 4.78 is 16.6. The number of nitro groups is 1. The topological polar surface area (TPSA) is 105 Å². The van der Waals surface area contributed by atoms with Crippen molar-refractivity contribution in [2.24, 2.45) is 0 Å². The van der Waals surface area contributed by atoms with Crippen LogP contribution < -0.4 is 9.47 Å². The lowest BCUT2D eigenvalue weighted by Crippen LogP contribution is -2.40. The number of hydrogen-bond donors (Lipinski definition) is 0. The van der Waals surface area contributed by atoms with Crippen LogP contribution in [-0.2, 0) is 14.9 Å². The number of carbonyl (C=O) groups is 2. The van der Waals surface area contributed by atoms with E-state index in [-0.39, 0.29) is 24.5 Å². The summed E-state index contributed by atoms with van der Waals surface area (Å²) >= 11 is 6.01. The summed E-state index contributed by atoms with van der Waals surface area (Å²) in [7, 11) is 0. The van der Waals surface area contributed by atoms with Gasteiger partial charge in [0.15, 0.2) is 5.75 Å². The van der Waals surface area contributed by atoms with Gasteiger partial charge in [-0.1, -0.05) is 17.7 Å². The molecule has 2 aromatic rings. The van der Waals surface area contributed by atoms with Gasteiger partial charge in [-0.3, -0.25) is 10.1 Å². The highest BCUT2D eigenvalue weighted by molar-refractivity contribution is 6.30. The summed E-state index contributed by atoms with van der Waals surface area (Å²) in [5.41, 5.74) is -1.55. The van der Waals surface area contributed by atoms with Crippen molar-refractivity contribution in [1.82, 2.24) is 0 Å². The van der Waals surface area contributed by atoms with Crippen LogP contribution >= 0.6 is 11.6 Å². The molecule has 0 unspecified atom stereocenters. The van der Waals surface area contributed by atoms with Crippen molar-refractivity contribution in [1.29, 1.82) is 0 Å². The lowest BCUT2D eigenvalue weighted by Gasteiger charge is -2.34. The molecule has 9 heteroatoms. The fourth-order valence-corrected chi connectivity index (χ4v) is 3.43. The molecule has 0 radical (unpaired) electrons. The SMILES string of the molecule is CC(C)(C)OC(=O)c1ccc(OC[C@@]2(C=O)CCOc3cc(Cl)ccc32)c([N+](=O)[O-])c1. The number of rotatable bonds is 6. The van der Waals surface area contributed by atoms with E-state index in [1.54, 1.807) is 39.0 Å². The molecule has 1 heterocycles. The van der Waals surface area contributed by atoms with Crippen molar-refractivity contribution in [3.63, 3.8) is 0 Å². The number of benzene rings is 2.